The van der Waals surface area contributed by atoms with Gasteiger partial charge in [0.25, 0.3) is 5.91 Å². The Bertz CT molecular complexity index is 1000. The first-order valence-corrected chi connectivity index (χ1v) is 7.76. The predicted molar refractivity (Wildman–Crippen MR) is 94.9 cm³/mol. The van der Waals surface area contributed by atoms with Crippen molar-refractivity contribution in [3.05, 3.63) is 54.5 Å². The number of hydrogen-bond acceptors (Lipinski definition) is 5. The molecule has 0 radical (unpaired) electrons. The van der Waals surface area contributed by atoms with Gasteiger partial charge in [-0.15, -0.1) is 10.2 Å². The normalized spacial score (nSPS) is 11.6. The number of azo groups is 1. The summed E-state index contributed by atoms with van der Waals surface area (Å²) in [6.07, 6.45) is 4.22. The SMILES string of the molecule is Cn1c(O)c(N=NC(=O)CNC(=O)/C=C/c2ccco2)c2ccccc21. The fourth-order valence-electron chi connectivity index (χ4n) is 2.37. The first-order chi connectivity index (χ1) is 12.6. The Morgan fingerprint density at radius 2 is 2.08 bits per heavy atom. The molecule has 132 valence electrons. The van der Waals surface area contributed by atoms with E-state index >= 15 is 0 Å². The third kappa shape index (κ3) is 3.69. The summed E-state index contributed by atoms with van der Waals surface area (Å²) >= 11 is 0. The van der Waals surface area contributed by atoms with Crippen LogP contribution in [0.1, 0.15) is 5.76 Å². The fraction of sp³-hybridized carbons (Fsp3) is 0.111. The zero-order valence-corrected chi connectivity index (χ0v) is 13.9. The highest BCUT2D eigenvalue weighted by molar-refractivity contribution is 5.96. The molecule has 0 bridgehead atoms. The van der Waals surface area contributed by atoms with Crippen molar-refractivity contribution in [2.75, 3.05) is 6.54 Å². The maximum atomic E-state index is 11.8. The zero-order valence-electron chi connectivity index (χ0n) is 13.9. The first kappa shape index (κ1) is 17.2. The summed E-state index contributed by atoms with van der Waals surface area (Å²) in [5, 5.41) is 20.6. The van der Waals surface area contributed by atoms with E-state index in [1.54, 1.807) is 35.9 Å². The fourth-order valence-corrected chi connectivity index (χ4v) is 2.37. The second kappa shape index (κ2) is 7.47. The molecule has 0 atom stereocenters. The summed E-state index contributed by atoms with van der Waals surface area (Å²) in [4.78, 5) is 23.4. The molecule has 0 aliphatic carbocycles. The summed E-state index contributed by atoms with van der Waals surface area (Å²) in [7, 11) is 1.68. The van der Waals surface area contributed by atoms with E-state index in [2.05, 4.69) is 15.5 Å². The van der Waals surface area contributed by atoms with Gasteiger partial charge in [-0.2, -0.15) is 0 Å². The molecule has 0 fully saturated rings. The molecule has 26 heavy (non-hydrogen) atoms. The predicted octanol–water partition coefficient (Wildman–Crippen LogP) is 2.92. The van der Waals surface area contributed by atoms with Gasteiger partial charge >= 0.3 is 0 Å². The lowest BCUT2D eigenvalue weighted by molar-refractivity contribution is -0.122. The van der Waals surface area contributed by atoms with Crippen molar-refractivity contribution in [1.82, 2.24) is 9.88 Å². The Balaban J connectivity index is 1.62. The van der Waals surface area contributed by atoms with Gasteiger partial charge in [0.15, 0.2) is 5.69 Å². The van der Waals surface area contributed by atoms with Crippen LogP contribution in [0.3, 0.4) is 0 Å². The van der Waals surface area contributed by atoms with Crippen LogP contribution in [-0.4, -0.2) is 28.0 Å². The van der Waals surface area contributed by atoms with Gasteiger partial charge in [-0.3, -0.25) is 9.59 Å². The van der Waals surface area contributed by atoms with E-state index in [0.717, 1.165) is 5.52 Å². The van der Waals surface area contributed by atoms with Crippen LogP contribution < -0.4 is 5.32 Å². The Morgan fingerprint density at radius 3 is 2.85 bits per heavy atom. The molecule has 1 aromatic carbocycles. The largest absolute Gasteiger partial charge is 0.493 e. The van der Waals surface area contributed by atoms with Crippen molar-refractivity contribution in [2.24, 2.45) is 17.3 Å². The molecule has 2 heterocycles. The van der Waals surface area contributed by atoms with E-state index in [1.165, 1.54) is 18.4 Å². The highest BCUT2D eigenvalue weighted by atomic mass is 16.3. The number of carbonyl (C=O) groups excluding carboxylic acids is 2. The lowest BCUT2D eigenvalue weighted by Gasteiger charge is -1.97. The van der Waals surface area contributed by atoms with Crippen LogP contribution in [0.5, 0.6) is 5.88 Å². The van der Waals surface area contributed by atoms with Crippen LogP contribution in [0.15, 0.2) is 63.4 Å². The third-order valence-corrected chi connectivity index (χ3v) is 3.67. The van der Waals surface area contributed by atoms with Crippen molar-refractivity contribution in [3.8, 4) is 5.88 Å². The maximum absolute atomic E-state index is 11.8. The second-order valence-corrected chi connectivity index (χ2v) is 5.41. The number of rotatable bonds is 5. The lowest BCUT2D eigenvalue weighted by atomic mass is 10.2. The highest BCUT2D eigenvalue weighted by Crippen LogP contribution is 2.37. The minimum absolute atomic E-state index is 0.0897. The quantitative estimate of drug-likeness (QED) is 0.543. The first-order valence-electron chi connectivity index (χ1n) is 7.76. The smallest absolute Gasteiger partial charge is 0.283 e. The molecule has 2 N–H and O–H groups in total. The summed E-state index contributed by atoms with van der Waals surface area (Å²) < 4.78 is 6.60. The van der Waals surface area contributed by atoms with Crippen molar-refractivity contribution < 1.29 is 19.1 Å². The van der Waals surface area contributed by atoms with Gasteiger partial charge in [-0.05, 0) is 24.3 Å². The summed E-state index contributed by atoms with van der Waals surface area (Å²) in [6, 6.07) is 10.6. The molecule has 8 heteroatoms. The van der Waals surface area contributed by atoms with Crippen LogP contribution in [-0.2, 0) is 16.6 Å². The number of carbonyl (C=O) groups is 2. The van der Waals surface area contributed by atoms with Gasteiger partial charge in [0, 0.05) is 18.5 Å². The number of amides is 2. The monoisotopic (exact) mass is 352 g/mol. The Kier molecular flexibility index (Phi) is 4.93. The van der Waals surface area contributed by atoms with Gasteiger partial charge in [-0.1, -0.05) is 18.2 Å². The third-order valence-electron chi connectivity index (χ3n) is 3.67. The van der Waals surface area contributed by atoms with E-state index in [0.29, 0.717) is 11.1 Å². The minimum atomic E-state index is -0.642. The van der Waals surface area contributed by atoms with Crippen LogP contribution in [0, 0.1) is 0 Å². The van der Waals surface area contributed by atoms with Gasteiger partial charge < -0.3 is 19.4 Å². The number of aryl methyl sites for hydroxylation is 1. The number of aromatic nitrogens is 1. The maximum Gasteiger partial charge on any atom is 0.283 e. The summed E-state index contributed by atoms with van der Waals surface area (Å²) in [6.45, 7) is -0.309. The van der Waals surface area contributed by atoms with Gasteiger partial charge in [0.1, 0.15) is 12.3 Å². The van der Waals surface area contributed by atoms with E-state index in [1.807, 2.05) is 12.1 Å². The molecule has 0 unspecified atom stereocenters. The Hall–Kier alpha value is -3.68. The van der Waals surface area contributed by atoms with Crippen LogP contribution in [0.25, 0.3) is 17.0 Å². The topological polar surface area (TPSA) is 109 Å². The number of fused-ring (bicyclic) bond motifs is 1. The van der Waals surface area contributed by atoms with E-state index in [-0.39, 0.29) is 18.1 Å². The number of furan rings is 1. The van der Waals surface area contributed by atoms with Crippen molar-refractivity contribution in [2.45, 2.75) is 0 Å². The summed E-state index contributed by atoms with van der Waals surface area (Å²) in [5.74, 6) is -0.666. The van der Waals surface area contributed by atoms with E-state index in [9.17, 15) is 14.7 Å². The molecule has 0 spiro atoms. The van der Waals surface area contributed by atoms with Crippen LogP contribution in [0.2, 0.25) is 0 Å². The molecule has 0 aliphatic rings. The standard InChI is InChI=1S/C18H16N4O4/c1-22-14-7-3-2-6-13(14)17(18(22)25)21-20-16(24)11-19-15(23)9-8-12-5-4-10-26-12/h2-10,25H,11H2,1H3,(H,19,23)/b9-8+,21-20?. The molecule has 2 aromatic heterocycles. The molecule has 2 amide bonds. The second-order valence-electron chi connectivity index (χ2n) is 5.41. The number of benzene rings is 1. The van der Waals surface area contributed by atoms with Gasteiger partial charge in [0.2, 0.25) is 11.8 Å². The molecular formula is C18H16N4O4. The van der Waals surface area contributed by atoms with E-state index in [4.69, 9.17) is 4.42 Å². The minimum Gasteiger partial charge on any atom is -0.493 e. The molecule has 0 saturated heterocycles. The van der Waals surface area contributed by atoms with Crippen LogP contribution >= 0.6 is 0 Å². The molecule has 8 nitrogen and oxygen atoms in total. The Labute approximate surface area is 148 Å². The average molecular weight is 352 g/mol. The van der Waals surface area contributed by atoms with Gasteiger partial charge in [0.05, 0.1) is 11.8 Å². The Morgan fingerprint density at radius 1 is 1.27 bits per heavy atom. The number of aromatic hydroxyl groups is 1. The number of para-hydroxylation sites is 1. The summed E-state index contributed by atoms with van der Waals surface area (Å²) in [5.41, 5.74) is 0.975. The number of nitrogens with zero attached hydrogens (tertiary/aromatic N) is 3. The molecule has 3 aromatic rings. The zero-order chi connectivity index (χ0) is 18.5. The molecule has 3 rings (SSSR count). The molecule has 0 saturated carbocycles. The van der Waals surface area contributed by atoms with Crippen LogP contribution in [0.4, 0.5) is 5.69 Å². The van der Waals surface area contributed by atoms with Crippen molar-refractivity contribution >= 4 is 34.5 Å². The highest BCUT2D eigenvalue weighted by Gasteiger charge is 2.14. The van der Waals surface area contributed by atoms with E-state index < -0.39 is 11.8 Å². The number of hydrogen-bond donors (Lipinski definition) is 2. The van der Waals surface area contributed by atoms with Crippen molar-refractivity contribution in [3.63, 3.8) is 0 Å². The molecule has 0 aliphatic heterocycles. The lowest BCUT2D eigenvalue weighted by Crippen LogP contribution is -2.26. The molecular weight excluding hydrogens is 336 g/mol. The number of nitrogens with one attached hydrogen (secondary N) is 1. The van der Waals surface area contributed by atoms with Gasteiger partial charge in [-0.25, -0.2) is 0 Å². The average Bonchev–Trinajstić information content (AvgIpc) is 3.25. The van der Waals surface area contributed by atoms with Crippen molar-refractivity contribution in [1.29, 1.82) is 0 Å².